The third-order valence-corrected chi connectivity index (χ3v) is 2.33. The van der Waals surface area contributed by atoms with Gasteiger partial charge in [0.25, 0.3) is 0 Å². The average Bonchev–Trinajstić information content (AvgIpc) is 2.08. The van der Waals surface area contributed by atoms with Gasteiger partial charge in [-0.1, -0.05) is 0 Å². The molecular weight excluding hydrogens is 221 g/mol. The van der Waals surface area contributed by atoms with E-state index in [-0.39, 0.29) is 11.5 Å². The second kappa shape index (κ2) is 3.72. The maximum absolute atomic E-state index is 9.13. The Labute approximate surface area is 78.2 Å². The summed E-state index contributed by atoms with van der Waals surface area (Å²) < 4.78 is 0.852. The Morgan fingerprint density at radius 1 is 1.33 bits per heavy atom. The fourth-order valence-electron chi connectivity index (χ4n) is 0.815. The van der Waals surface area contributed by atoms with Gasteiger partial charge in [0, 0.05) is 0 Å². The second-order valence-electron chi connectivity index (χ2n) is 2.33. The predicted octanol–water partition coefficient (Wildman–Crippen LogP) is -0.255. The average molecular weight is 230 g/mol. The van der Waals surface area contributed by atoms with Gasteiger partial charge in [-0.15, -0.1) is 0 Å². The number of benzene rings is 1. The Hall–Kier alpha value is -0.831. The van der Waals surface area contributed by atoms with Crippen molar-refractivity contribution in [2.45, 2.75) is 0 Å². The maximum atomic E-state index is 9.13. The van der Waals surface area contributed by atoms with Crippen molar-refractivity contribution in [3.63, 3.8) is 0 Å². The van der Waals surface area contributed by atoms with Crippen LogP contribution in [0.1, 0.15) is 5.56 Å². The van der Waals surface area contributed by atoms with Crippen molar-refractivity contribution >= 4 is 20.0 Å². The van der Waals surface area contributed by atoms with Gasteiger partial charge in [0.15, 0.2) is 0 Å². The molecule has 4 heteroatoms. The number of aromatic hydroxyl groups is 2. The zero-order valence-corrected chi connectivity index (χ0v) is 8.03. The molecule has 0 saturated heterocycles. The van der Waals surface area contributed by atoms with Gasteiger partial charge in [-0.3, -0.25) is 0 Å². The van der Waals surface area contributed by atoms with E-state index in [0.29, 0.717) is 6.54 Å². The van der Waals surface area contributed by atoms with Crippen LogP contribution < -0.4 is 5.73 Å². The summed E-state index contributed by atoms with van der Waals surface area (Å²) in [5.41, 5.74) is 6.18. The summed E-state index contributed by atoms with van der Waals surface area (Å²) in [5.74, 6) is -0.253. The van der Waals surface area contributed by atoms with E-state index < -0.39 is 0 Å². The minimum atomic E-state index is -0.131. The molecule has 1 rings (SSSR count). The van der Waals surface area contributed by atoms with Gasteiger partial charge in [0.2, 0.25) is 0 Å². The molecule has 64 valence electrons. The van der Waals surface area contributed by atoms with Crippen LogP contribution in [0.4, 0.5) is 0 Å². The first kappa shape index (κ1) is 9.26. The molecule has 0 aromatic heterocycles. The van der Waals surface area contributed by atoms with E-state index in [2.05, 4.69) is 15.6 Å². The summed E-state index contributed by atoms with van der Waals surface area (Å²) in [6.07, 6.45) is 0. The minimum absolute atomic E-state index is 0.122. The van der Waals surface area contributed by atoms with E-state index in [1.807, 2.05) is 0 Å². The number of phenols is 2. The second-order valence-corrected chi connectivity index (χ2v) is 3.36. The molecule has 0 aliphatic rings. The van der Waals surface area contributed by atoms with Gasteiger partial charge < -0.3 is 0 Å². The van der Waals surface area contributed by atoms with Gasteiger partial charge in [-0.2, -0.15) is 0 Å². The first-order chi connectivity index (χ1) is 5.65. The van der Waals surface area contributed by atoms with Crippen molar-refractivity contribution in [1.29, 1.82) is 0 Å². The molecule has 4 N–H and O–H groups in total. The normalized spacial score (nSPS) is 9.75. The Bertz CT molecular complexity index is 312. The van der Waals surface area contributed by atoms with Crippen LogP contribution in [0.3, 0.4) is 0 Å². The SMILES string of the molecule is NCC(=[Se])c1ccc(O)c(O)c1. The third kappa shape index (κ3) is 1.85. The fraction of sp³-hybridized carbons (Fsp3) is 0.125. The zero-order valence-electron chi connectivity index (χ0n) is 6.32. The van der Waals surface area contributed by atoms with Crippen LogP contribution in [0.5, 0.6) is 11.5 Å². The molecule has 0 unspecified atom stereocenters. The quantitative estimate of drug-likeness (QED) is 0.484. The van der Waals surface area contributed by atoms with Crippen molar-refractivity contribution in [2.24, 2.45) is 5.73 Å². The van der Waals surface area contributed by atoms with E-state index in [1.54, 1.807) is 6.07 Å². The van der Waals surface area contributed by atoms with Crippen LogP contribution in [0, 0.1) is 0 Å². The van der Waals surface area contributed by atoms with E-state index in [1.165, 1.54) is 12.1 Å². The fourth-order valence-corrected chi connectivity index (χ4v) is 1.08. The van der Waals surface area contributed by atoms with Crippen LogP contribution in [0.15, 0.2) is 18.2 Å². The molecule has 0 aliphatic heterocycles. The summed E-state index contributed by atoms with van der Waals surface area (Å²) in [4.78, 5) is 0. The molecule has 0 spiro atoms. The molecule has 0 heterocycles. The molecule has 12 heavy (non-hydrogen) atoms. The van der Waals surface area contributed by atoms with Crippen LogP contribution >= 0.6 is 0 Å². The number of rotatable bonds is 2. The molecule has 0 saturated carbocycles. The number of phenolic OH excluding ortho intramolecular Hbond substituents is 2. The van der Waals surface area contributed by atoms with Crippen LogP contribution in [0.2, 0.25) is 0 Å². The molecule has 0 bridgehead atoms. The standard InChI is InChI=1S/C8H9NO2Se/c9-4-8(12)5-1-2-6(10)7(11)3-5/h1-3,10-11H,4,9H2. The van der Waals surface area contributed by atoms with Crippen molar-refractivity contribution in [3.05, 3.63) is 23.8 Å². The summed E-state index contributed by atoms with van der Waals surface area (Å²) in [6.45, 7) is 0.393. The first-order valence-corrected chi connectivity index (χ1v) is 4.26. The molecule has 0 radical (unpaired) electrons. The Balaban J connectivity index is 3.05. The summed E-state index contributed by atoms with van der Waals surface area (Å²) in [7, 11) is 0. The molecule has 0 aliphatic carbocycles. The van der Waals surface area contributed by atoms with E-state index in [4.69, 9.17) is 15.9 Å². The number of hydrogen-bond donors (Lipinski definition) is 3. The Kier molecular flexibility index (Phi) is 2.87. The van der Waals surface area contributed by atoms with E-state index in [0.717, 1.165) is 9.98 Å². The van der Waals surface area contributed by atoms with Crippen LogP contribution in [-0.4, -0.2) is 36.8 Å². The summed E-state index contributed by atoms with van der Waals surface area (Å²) in [5, 5.41) is 18.1. The summed E-state index contributed by atoms with van der Waals surface area (Å²) >= 11 is 2.79. The van der Waals surface area contributed by atoms with Crippen LogP contribution in [0.25, 0.3) is 0 Å². The van der Waals surface area contributed by atoms with Crippen molar-refractivity contribution in [1.82, 2.24) is 0 Å². The third-order valence-electron chi connectivity index (χ3n) is 1.48. The van der Waals surface area contributed by atoms with Crippen molar-refractivity contribution < 1.29 is 10.2 Å². The number of nitrogens with two attached hydrogens (primary N) is 1. The molecule has 1 aromatic rings. The molecule has 0 fully saturated rings. The zero-order chi connectivity index (χ0) is 9.14. The molecule has 0 atom stereocenters. The van der Waals surface area contributed by atoms with Gasteiger partial charge in [-0.25, -0.2) is 0 Å². The molecule has 1 aromatic carbocycles. The van der Waals surface area contributed by atoms with E-state index in [9.17, 15) is 0 Å². The Morgan fingerprint density at radius 2 is 2.00 bits per heavy atom. The summed E-state index contributed by atoms with van der Waals surface area (Å²) in [6, 6.07) is 4.58. The van der Waals surface area contributed by atoms with E-state index >= 15 is 0 Å². The van der Waals surface area contributed by atoms with Gasteiger partial charge in [0.1, 0.15) is 0 Å². The molecule has 3 nitrogen and oxygen atoms in total. The molecular formula is C8H9NO2Se. The molecule has 0 amide bonds. The first-order valence-electron chi connectivity index (χ1n) is 3.40. The predicted molar refractivity (Wildman–Crippen MR) is 48.7 cm³/mol. The topological polar surface area (TPSA) is 66.5 Å². The number of hydrogen-bond acceptors (Lipinski definition) is 3. The van der Waals surface area contributed by atoms with Gasteiger partial charge in [0.05, 0.1) is 0 Å². The van der Waals surface area contributed by atoms with Crippen molar-refractivity contribution in [2.75, 3.05) is 6.54 Å². The van der Waals surface area contributed by atoms with Gasteiger partial charge >= 0.3 is 77.7 Å². The van der Waals surface area contributed by atoms with Crippen LogP contribution in [-0.2, 0) is 0 Å². The van der Waals surface area contributed by atoms with Gasteiger partial charge in [-0.05, 0) is 0 Å². The monoisotopic (exact) mass is 231 g/mol. The van der Waals surface area contributed by atoms with Crippen molar-refractivity contribution in [3.8, 4) is 11.5 Å². The Morgan fingerprint density at radius 3 is 2.50 bits per heavy atom.